The first-order valence-electron chi connectivity index (χ1n) is 22.7. The molecule has 0 bridgehead atoms. The van der Waals surface area contributed by atoms with E-state index < -0.39 is 5.41 Å². The maximum atomic E-state index is 2.53. The Morgan fingerprint density at radius 2 is 0.758 bits per heavy atom. The average Bonchev–Trinajstić information content (AvgIpc) is 4.07. The molecule has 0 N–H and O–H groups in total. The monoisotopic (exact) mass is 873 g/mol. The molecule has 0 aliphatic heterocycles. The van der Waals surface area contributed by atoms with E-state index in [1.165, 1.54) is 118 Å². The number of thiophene rings is 2. The van der Waals surface area contributed by atoms with Gasteiger partial charge in [0.2, 0.25) is 0 Å². The van der Waals surface area contributed by atoms with Gasteiger partial charge in [0, 0.05) is 36.6 Å². The van der Waals surface area contributed by atoms with Crippen LogP contribution in [0.1, 0.15) is 22.3 Å². The maximum absolute atomic E-state index is 2.53. The molecule has 1 nitrogen and oxygen atoms in total. The smallest absolute Gasteiger partial charge is 0.0713 e. The van der Waals surface area contributed by atoms with Crippen molar-refractivity contribution in [3.63, 3.8) is 0 Å². The van der Waals surface area contributed by atoms with Crippen molar-refractivity contribution < 1.29 is 0 Å². The normalized spacial score (nSPS) is 13.0. The molecule has 13 aromatic rings. The van der Waals surface area contributed by atoms with Gasteiger partial charge in [-0.3, -0.25) is 0 Å². The van der Waals surface area contributed by atoms with Crippen LogP contribution in [0.25, 0.3) is 84.1 Å². The molecule has 3 heteroatoms. The Labute approximate surface area is 390 Å². The maximum Gasteiger partial charge on any atom is 0.0713 e. The molecule has 2 heterocycles. The lowest BCUT2D eigenvalue weighted by atomic mass is 9.67. The standard InChI is InChI=1S/C63H39NS2/c1-3-18-43(19-4-1)63(44-20-5-2-6-21-44)54-28-12-11-24-53(54)58-46(25-13-29-55(58)63)42-32-36-45(37-33-42)64(56-30-14-26-49-51-38-34-40-16-7-9-22-47(40)59(51)65-61(49)56)57-31-15-27-50-52-39-35-41-17-8-10-23-48(41)60(52)66-62(50)57/h1-39H. The third kappa shape index (κ3) is 5.33. The summed E-state index contributed by atoms with van der Waals surface area (Å²) >= 11 is 3.82. The van der Waals surface area contributed by atoms with Crippen molar-refractivity contribution in [1.29, 1.82) is 0 Å². The average molecular weight is 874 g/mol. The molecule has 11 aromatic carbocycles. The summed E-state index contributed by atoms with van der Waals surface area (Å²) in [5.41, 5.74) is 13.3. The highest BCUT2D eigenvalue weighted by Crippen LogP contribution is 2.58. The predicted octanol–water partition coefficient (Wildman–Crippen LogP) is 18.2. The zero-order valence-corrected chi connectivity index (χ0v) is 37.4. The summed E-state index contributed by atoms with van der Waals surface area (Å²) in [5.74, 6) is 0. The second-order valence-corrected chi connectivity index (χ2v) is 19.5. The van der Waals surface area contributed by atoms with Crippen LogP contribution < -0.4 is 4.90 Å². The summed E-state index contributed by atoms with van der Waals surface area (Å²) in [6.45, 7) is 0. The van der Waals surface area contributed by atoms with E-state index in [0.29, 0.717) is 0 Å². The molecule has 2 aromatic heterocycles. The summed E-state index contributed by atoms with van der Waals surface area (Å²) in [7, 11) is 0. The molecule has 308 valence electrons. The van der Waals surface area contributed by atoms with E-state index in [1.807, 2.05) is 22.7 Å². The number of hydrogen-bond acceptors (Lipinski definition) is 3. The third-order valence-electron chi connectivity index (χ3n) is 14.1. The second-order valence-electron chi connectivity index (χ2n) is 17.5. The Bertz CT molecular complexity index is 3860. The summed E-state index contributed by atoms with van der Waals surface area (Å²) in [5, 5.41) is 10.3. The van der Waals surface area contributed by atoms with Crippen molar-refractivity contribution >= 4 is 102 Å². The largest absolute Gasteiger partial charge is 0.308 e. The fourth-order valence-electron chi connectivity index (χ4n) is 11.3. The van der Waals surface area contributed by atoms with Gasteiger partial charge in [0.15, 0.2) is 0 Å². The van der Waals surface area contributed by atoms with Crippen molar-refractivity contribution in [2.24, 2.45) is 0 Å². The van der Waals surface area contributed by atoms with Crippen LogP contribution in [0.5, 0.6) is 0 Å². The molecule has 0 fully saturated rings. The number of hydrogen-bond donors (Lipinski definition) is 0. The van der Waals surface area contributed by atoms with Gasteiger partial charge in [-0.15, -0.1) is 22.7 Å². The van der Waals surface area contributed by atoms with Gasteiger partial charge in [-0.1, -0.05) is 212 Å². The Morgan fingerprint density at radius 1 is 0.303 bits per heavy atom. The van der Waals surface area contributed by atoms with Crippen LogP contribution in [0, 0.1) is 0 Å². The van der Waals surface area contributed by atoms with Crippen molar-refractivity contribution in [3.05, 3.63) is 259 Å². The van der Waals surface area contributed by atoms with Crippen LogP contribution >= 0.6 is 22.7 Å². The van der Waals surface area contributed by atoms with Gasteiger partial charge in [0.05, 0.1) is 26.2 Å². The highest BCUT2D eigenvalue weighted by Gasteiger charge is 2.46. The van der Waals surface area contributed by atoms with E-state index >= 15 is 0 Å². The lowest BCUT2D eigenvalue weighted by Crippen LogP contribution is -2.28. The summed E-state index contributed by atoms with van der Waals surface area (Å²) in [6, 6.07) is 88.1. The van der Waals surface area contributed by atoms with Crippen molar-refractivity contribution in [2.75, 3.05) is 4.90 Å². The van der Waals surface area contributed by atoms with Gasteiger partial charge in [0.25, 0.3) is 0 Å². The molecular weight excluding hydrogens is 835 g/mol. The number of benzene rings is 11. The van der Waals surface area contributed by atoms with Crippen LogP contribution in [0.15, 0.2) is 237 Å². The van der Waals surface area contributed by atoms with Gasteiger partial charge in [-0.2, -0.15) is 0 Å². The van der Waals surface area contributed by atoms with Crippen molar-refractivity contribution in [1.82, 2.24) is 0 Å². The first-order chi connectivity index (χ1) is 32.8. The molecule has 0 saturated carbocycles. The third-order valence-corrected chi connectivity index (χ3v) is 16.7. The minimum atomic E-state index is -0.455. The predicted molar refractivity (Wildman–Crippen MR) is 285 cm³/mol. The van der Waals surface area contributed by atoms with E-state index in [9.17, 15) is 0 Å². The molecule has 0 radical (unpaired) electrons. The Balaban J connectivity index is 0.996. The molecule has 0 atom stereocenters. The number of fused-ring (bicyclic) bond motifs is 13. The first kappa shape index (κ1) is 37.5. The van der Waals surface area contributed by atoms with Gasteiger partial charge in [-0.05, 0) is 90.3 Å². The number of rotatable bonds is 6. The number of anilines is 3. The van der Waals surface area contributed by atoms with Crippen LogP contribution in [0.2, 0.25) is 0 Å². The van der Waals surface area contributed by atoms with Crippen molar-refractivity contribution in [2.45, 2.75) is 5.41 Å². The second kappa shape index (κ2) is 14.6. The quantitative estimate of drug-likeness (QED) is 0.161. The van der Waals surface area contributed by atoms with Gasteiger partial charge >= 0.3 is 0 Å². The summed E-state index contributed by atoms with van der Waals surface area (Å²) in [6.07, 6.45) is 0. The molecule has 0 saturated heterocycles. The molecule has 0 amide bonds. The van der Waals surface area contributed by atoms with Gasteiger partial charge < -0.3 is 4.90 Å². The summed E-state index contributed by atoms with van der Waals surface area (Å²) in [4.78, 5) is 2.53. The van der Waals surface area contributed by atoms with Crippen LogP contribution in [0.4, 0.5) is 17.1 Å². The van der Waals surface area contributed by atoms with Gasteiger partial charge in [-0.25, -0.2) is 0 Å². The SMILES string of the molecule is c1ccc(C2(c3ccccc3)c3ccccc3-c3c(-c4ccc(N(c5cccc6c5sc5c7ccccc7ccc65)c5cccc6c5sc5c7ccccc7ccc65)cc4)cccc32)cc1. The molecule has 0 spiro atoms. The van der Waals surface area contributed by atoms with E-state index in [4.69, 9.17) is 0 Å². The zero-order chi connectivity index (χ0) is 43.3. The fraction of sp³-hybridized carbons (Fsp3) is 0.0159. The van der Waals surface area contributed by atoms with Crippen LogP contribution in [-0.2, 0) is 5.41 Å². The highest BCUT2D eigenvalue weighted by molar-refractivity contribution is 7.28. The Morgan fingerprint density at radius 3 is 1.35 bits per heavy atom. The van der Waals surface area contributed by atoms with Crippen LogP contribution in [-0.4, -0.2) is 0 Å². The van der Waals surface area contributed by atoms with Crippen molar-refractivity contribution in [3.8, 4) is 22.3 Å². The van der Waals surface area contributed by atoms with Gasteiger partial charge in [0.1, 0.15) is 0 Å². The van der Waals surface area contributed by atoms with E-state index in [2.05, 4.69) is 241 Å². The topological polar surface area (TPSA) is 3.24 Å². The molecule has 1 aliphatic rings. The zero-order valence-electron chi connectivity index (χ0n) is 35.8. The van der Waals surface area contributed by atoms with E-state index in [1.54, 1.807) is 0 Å². The highest BCUT2D eigenvalue weighted by atomic mass is 32.1. The Kier molecular flexibility index (Phi) is 8.31. The molecule has 14 rings (SSSR count). The first-order valence-corrected chi connectivity index (χ1v) is 24.3. The van der Waals surface area contributed by atoms with Crippen LogP contribution in [0.3, 0.4) is 0 Å². The Hall–Kier alpha value is -7.82. The minimum Gasteiger partial charge on any atom is -0.308 e. The molecule has 1 aliphatic carbocycles. The summed E-state index contributed by atoms with van der Waals surface area (Å²) < 4.78 is 5.23. The van der Waals surface area contributed by atoms with E-state index in [-0.39, 0.29) is 0 Å². The fourth-order valence-corrected chi connectivity index (χ4v) is 14.0. The lowest BCUT2D eigenvalue weighted by molar-refractivity contribution is 0.768. The molecule has 66 heavy (non-hydrogen) atoms. The minimum absolute atomic E-state index is 0.455. The number of nitrogens with zero attached hydrogens (tertiary/aromatic N) is 1. The lowest BCUT2D eigenvalue weighted by Gasteiger charge is -2.34. The molecular formula is C63H39NS2. The van der Waals surface area contributed by atoms with E-state index in [0.717, 1.165) is 5.69 Å². The molecule has 0 unspecified atom stereocenters.